The fraction of sp³-hybridized carbons (Fsp3) is 0.371. The number of rotatable bonds is 28. The van der Waals surface area contributed by atoms with Crippen LogP contribution >= 0.6 is 0 Å². The minimum Gasteiger partial charge on any atom is -0.497 e. The molecule has 84 heavy (non-hydrogen) atoms. The summed E-state index contributed by atoms with van der Waals surface area (Å²) in [6, 6.07) is 35.3. The lowest BCUT2D eigenvalue weighted by Crippen LogP contribution is -2.43. The smallest absolute Gasteiger partial charge is 0.333 e. The number of pyridine rings is 1. The Morgan fingerprint density at radius 2 is 1.13 bits per heavy atom. The molecule has 0 amide bonds. The largest absolute Gasteiger partial charge is 0.497 e. The van der Waals surface area contributed by atoms with Gasteiger partial charge in [0.05, 0.1) is 113 Å². The molecule has 0 radical (unpaired) electrons. The minimum atomic E-state index is -1.18. The van der Waals surface area contributed by atoms with Crippen LogP contribution in [0.3, 0.4) is 0 Å². The summed E-state index contributed by atoms with van der Waals surface area (Å²) in [5, 5.41) is 11.5. The third-order valence-corrected chi connectivity index (χ3v) is 13.7. The van der Waals surface area contributed by atoms with Crippen LogP contribution in [0, 0.1) is 18.8 Å². The Bertz CT molecular complexity index is 3220. The number of hydrogen-bond donors (Lipinski definition) is 1. The Labute approximate surface area is 486 Å². The molecule has 6 aromatic rings. The van der Waals surface area contributed by atoms with Crippen molar-refractivity contribution in [3.8, 4) is 29.1 Å². The van der Waals surface area contributed by atoms with E-state index in [1.54, 1.807) is 57.5 Å². The van der Waals surface area contributed by atoms with Gasteiger partial charge in [-0.3, -0.25) is 47.9 Å². The predicted molar refractivity (Wildman–Crippen MR) is 304 cm³/mol. The van der Waals surface area contributed by atoms with E-state index in [9.17, 15) is 33.9 Å². The highest BCUT2D eigenvalue weighted by Crippen LogP contribution is 2.43. The molecule has 0 bridgehead atoms. The first kappa shape index (κ1) is 62.9. The van der Waals surface area contributed by atoms with E-state index >= 15 is 0 Å². The number of hydrogen-bond acceptors (Lipinski definition) is 20. The first-order chi connectivity index (χ1) is 40.6. The van der Waals surface area contributed by atoms with E-state index in [1.165, 1.54) is 49.0 Å². The van der Waals surface area contributed by atoms with Crippen molar-refractivity contribution < 1.29 is 71.7 Å². The first-order valence-corrected chi connectivity index (χ1v) is 26.8. The van der Waals surface area contributed by atoms with Gasteiger partial charge in [-0.25, -0.2) is 4.79 Å². The summed E-state index contributed by atoms with van der Waals surface area (Å²) < 4.78 is 57.8. The van der Waals surface area contributed by atoms with E-state index in [1.807, 2.05) is 78.9 Å². The molecule has 7 rings (SSSR count). The summed E-state index contributed by atoms with van der Waals surface area (Å²) in [4.78, 5) is 84.2. The van der Waals surface area contributed by atoms with Crippen LogP contribution < -0.4 is 25.5 Å². The van der Waals surface area contributed by atoms with Crippen LogP contribution in [0.2, 0.25) is 0 Å². The van der Waals surface area contributed by atoms with Gasteiger partial charge in [0.15, 0.2) is 0 Å². The van der Waals surface area contributed by atoms with Crippen molar-refractivity contribution in [1.82, 2.24) is 23.9 Å². The van der Waals surface area contributed by atoms with Crippen LogP contribution in [0.15, 0.2) is 131 Å². The van der Waals surface area contributed by atoms with Crippen LogP contribution in [0.4, 0.5) is 0 Å². The Hall–Kier alpha value is -8.69. The quantitative estimate of drug-likeness (QED) is 0.0238. The summed E-state index contributed by atoms with van der Waals surface area (Å²) in [5.74, 6) is 5.76. The molecular weight excluding hydrogens is 1090 g/mol. The molecule has 1 saturated heterocycles. The molecule has 4 aromatic carbocycles. The summed E-state index contributed by atoms with van der Waals surface area (Å²) in [6.07, 6.45) is -1.29. The van der Waals surface area contributed by atoms with Gasteiger partial charge in [-0.05, 0) is 84.3 Å². The van der Waals surface area contributed by atoms with E-state index in [2.05, 4.69) is 11.8 Å². The number of aliphatic hydroxyl groups is 1. The van der Waals surface area contributed by atoms with E-state index in [0.717, 1.165) is 21.3 Å². The van der Waals surface area contributed by atoms with Gasteiger partial charge in [-0.1, -0.05) is 66.4 Å². The monoisotopic (exact) mass is 1160 g/mol. The molecule has 0 aliphatic carbocycles. The second kappa shape index (κ2) is 30.6. The number of methoxy groups -OCH3 is 6. The Kier molecular flexibility index (Phi) is 22.9. The number of ether oxygens (including phenoxy) is 10. The lowest BCUT2D eigenvalue weighted by molar-refractivity contribution is -0.147. The fourth-order valence-corrected chi connectivity index (χ4v) is 9.40. The lowest BCUT2D eigenvalue weighted by Gasteiger charge is -2.37. The summed E-state index contributed by atoms with van der Waals surface area (Å²) in [5.41, 5.74) is 2.41. The van der Waals surface area contributed by atoms with Gasteiger partial charge in [-0.15, -0.1) is 0 Å². The number of benzene rings is 4. The maximum absolute atomic E-state index is 14.0. The van der Waals surface area contributed by atoms with Crippen LogP contribution in [0.1, 0.15) is 57.4 Å². The maximum Gasteiger partial charge on any atom is 0.333 e. The van der Waals surface area contributed by atoms with E-state index in [0.29, 0.717) is 45.3 Å². The topological polar surface area (TPSA) is 244 Å². The van der Waals surface area contributed by atoms with E-state index < -0.39 is 59.2 Å². The third kappa shape index (κ3) is 16.7. The zero-order chi connectivity index (χ0) is 60.2. The molecular formula is C62H69N5O17. The number of nitrogens with zero attached hydrogens (tertiary/aromatic N) is 5. The van der Waals surface area contributed by atoms with Gasteiger partial charge < -0.3 is 52.5 Å². The highest BCUT2D eigenvalue weighted by Gasteiger charge is 2.42. The second-order valence-corrected chi connectivity index (χ2v) is 19.4. The molecule has 1 aliphatic heterocycles. The van der Waals surface area contributed by atoms with Crippen LogP contribution in [0.5, 0.6) is 17.2 Å². The molecule has 1 fully saturated rings. The highest BCUT2D eigenvalue weighted by atomic mass is 16.6. The Balaban J connectivity index is 0.977. The van der Waals surface area contributed by atoms with Gasteiger partial charge >= 0.3 is 29.6 Å². The number of aliphatic hydroxyl groups excluding tert-OH is 1. The Morgan fingerprint density at radius 3 is 1.63 bits per heavy atom. The molecule has 1 N–H and O–H groups in total. The molecule has 22 heteroatoms. The highest BCUT2D eigenvalue weighted by molar-refractivity contribution is 5.75. The number of esters is 4. The molecule has 444 valence electrons. The van der Waals surface area contributed by atoms with Crippen LogP contribution in [-0.2, 0) is 77.6 Å². The molecule has 1 unspecified atom stereocenters. The average molecular weight is 1160 g/mol. The summed E-state index contributed by atoms with van der Waals surface area (Å²) in [7, 11) is 8.13. The number of aryl methyl sites for hydroxylation is 1. The zero-order valence-electron chi connectivity index (χ0n) is 48.0. The molecule has 2 aromatic heterocycles. The molecule has 3 heterocycles. The van der Waals surface area contributed by atoms with Crippen molar-refractivity contribution in [2.75, 3.05) is 95.3 Å². The van der Waals surface area contributed by atoms with Crippen molar-refractivity contribution in [1.29, 1.82) is 0 Å². The summed E-state index contributed by atoms with van der Waals surface area (Å²) >= 11 is 0. The van der Waals surface area contributed by atoms with Crippen molar-refractivity contribution in [2.24, 2.45) is 0 Å². The standard InChI is InChI=1S/C62H69N5O17/c1-42-34-67(55-33-53(68)54(84-55)41-83-62(45-11-9-8-10-12-45,46-17-23-50(75-2)24-18-46)47-19-25-51(76-3)26-20-47)61(74)66(60(42)73)27-28-81-29-30-82-52-21-15-43(16-22-52)13-14-44-31-48(35-64(37-56(69)77-4)38-57(70)78-5)63-49(32-44)36-65(39-58(71)79-6)40-59(72)80-7/h8-12,15-26,31-32,34,53-55,68H,27-30,33,35-41H2,1-7H3/t53?,54-,55-/m1/s1. The predicted octanol–water partition coefficient (Wildman–Crippen LogP) is 4.18. The first-order valence-electron chi connectivity index (χ1n) is 26.8. The van der Waals surface area contributed by atoms with Crippen molar-refractivity contribution >= 4 is 23.9 Å². The fourth-order valence-electron chi connectivity index (χ4n) is 9.40. The normalized spacial score (nSPS) is 14.8. The van der Waals surface area contributed by atoms with Crippen molar-refractivity contribution in [3.05, 3.63) is 187 Å². The number of aromatic nitrogens is 3. The van der Waals surface area contributed by atoms with E-state index in [-0.39, 0.29) is 78.7 Å². The minimum absolute atomic E-state index is 0.0121. The van der Waals surface area contributed by atoms with Gasteiger partial charge in [0, 0.05) is 42.4 Å². The summed E-state index contributed by atoms with van der Waals surface area (Å²) in [6.45, 7) is 0.826. The van der Waals surface area contributed by atoms with E-state index in [4.69, 9.17) is 52.4 Å². The van der Waals surface area contributed by atoms with Crippen molar-refractivity contribution in [2.45, 2.75) is 57.0 Å². The molecule has 3 atom stereocenters. The molecule has 0 saturated carbocycles. The average Bonchev–Trinajstić information content (AvgIpc) is 1.98. The van der Waals surface area contributed by atoms with Gasteiger partial charge in [-0.2, -0.15) is 0 Å². The second-order valence-electron chi connectivity index (χ2n) is 19.4. The lowest BCUT2D eigenvalue weighted by atomic mass is 9.80. The Morgan fingerprint density at radius 1 is 0.643 bits per heavy atom. The van der Waals surface area contributed by atoms with Crippen LogP contribution in [0.25, 0.3) is 0 Å². The van der Waals surface area contributed by atoms with Gasteiger partial charge in [0.25, 0.3) is 5.56 Å². The van der Waals surface area contributed by atoms with Gasteiger partial charge in [0.2, 0.25) is 0 Å². The maximum atomic E-state index is 14.0. The third-order valence-electron chi connectivity index (χ3n) is 13.7. The molecule has 0 spiro atoms. The number of carbonyl (C=O) groups excluding carboxylic acids is 4. The SMILES string of the molecule is COC(=O)CN(CC(=O)OC)Cc1cc(C#Cc2ccc(OCCOCCn3c(=O)c(C)cn([C@H]4CC(O)[C@@H](COC(c5ccccc5)(c5ccc(OC)cc5)c5ccc(OC)cc5)O4)c3=O)cc2)cc(CN(CC(=O)OC)CC(=O)OC)n1. The molecule has 1 aliphatic rings. The van der Waals surface area contributed by atoms with Crippen molar-refractivity contribution in [3.63, 3.8) is 0 Å². The molecule has 22 nitrogen and oxygen atoms in total. The van der Waals surface area contributed by atoms with Gasteiger partial charge in [0.1, 0.15) is 41.8 Å². The zero-order valence-corrected chi connectivity index (χ0v) is 48.0. The van der Waals surface area contributed by atoms with Crippen LogP contribution in [-0.4, -0.2) is 160 Å². The number of carbonyl (C=O) groups is 4.